The summed E-state index contributed by atoms with van der Waals surface area (Å²) in [6.07, 6.45) is 0. The Morgan fingerprint density at radius 2 is 1.90 bits per heavy atom. The van der Waals surface area contributed by atoms with Gasteiger partial charge in [0.05, 0.1) is 16.6 Å². The van der Waals surface area contributed by atoms with Crippen LogP contribution in [0.4, 0.5) is 5.69 Å². The Kier molecular flexibility index (Phi) is 5.04. The van der Waals surface area contributed by atoms with Crippen LogP contribution in [0.3, 0.4) is 0 Å². The molecule has 0 radical (unpaired) electrons. The van der Waals surface area contributed by atoms with Crippen molar-refractivity contribution in [3.63, 3.8) is 0 Å². The average molecular weight is 346 g/mol. The Labute approximate surface area is 130 Å². The van der Waals surface area contributed by atoms with Gasteiger partial charge >= 0.3 is 0 Å². The van der Waals surface area contributed by atoms with E-state index in [0.29, 0.717) is 23.1 Å². The topological polar surface area (TPSA) is 79.0 Å². The maximum Gasteiger partial charge on any atom is 0.270 e. The molecule has 0 saturated heterocycles. The minimum Gasteiger partial charge on any atom is -0.309 e. The van der Waals surface area contributed by atoms with E-state index in [1.807, 2.05) is 12.1 Å². The summed E-state index contributed by atoms with van der Waals surface area (Å²) in [7, 11) is 0. The van der Waals surface area contributed by atoms with E-state index in [2.05, 4.69) is 27.3 Å². The molecule has 0 spiro atoms. The number of nitriles is 1. The lowest BCUT2D eigenvalue weighted by atomic mass is 10.1. The highest BCUT2D eigenvalue weighted by Gasteiger charge is 2.08. The monoisotopic (exact) mass is 345 g/mol. The zero-order chi connectivity index (χ0) is 15.2. The van der Waals surface area contributed by atoms with Crippen molar-refractivity contribution in [2.45, 2.75) is 13.1 Å². The van der Waals surface area contributed by atoms with E-state index >= 15 is 0 Å². The normalized spacial score (nSPS) is 10.1. The third kappa shape index (κ3) is 4.12. The van der Waals surface area contributed by atoms with E-state index in [1.165, 1.54) is 12.1 Å². The van der Waals surface area contributed by atoms with Crippen molar-refractivity contribution in [1.82, 2.24) is 5.32 Å². The summed E-state index contributed by atoms with van der Waals surface area (Å²) in [5, 5.41) is 22.7. The largest absolute Gasteiger partial charge is 0.309 e. The van der Waals surface area contributed by atoms with Crippen molar-refractivity contribution in [3.05, 3.63) is 73.7 Å². The molecule has 2 aromatic rings. The predicted octanol–water partition coefficient (Wildman–Crippen LogP) is 3.52. The van der Waals surface area contributed by atoms with Crippen LogP contribution in [-0.2, 0) is 13.1 Å². The van der Waals surface area contributed by atoms with Crippen LogP contribution in [0.5, 0.6) is 0 Å². The third-order valence-corrected chi connectivity index (χ3v) is 3.71. The Bertz CT molecular complexity index is 693. The maximum atomic E-state index is 10.7. The first kappa shape index (κ1) is 15.2. The van der Waals surface area contributed by atoms with Crippen LogP contribution in [0.25, 0.3) is 0 Å². The van der Waals surface area contributed by atoms with Gasteiger partial charge in [-0.25, -0.2) is 0 Å². The highest BCUT2D eigenvalue weighted by molar-refractivity contribution is 9.10. The molecule has 1 N–H and O–H groups in total. The lowest BCUT2D eigenvalue weighted by molar-refractivity contribution is -0.384. The SMILES string of the molecule is N#Cc1ccc(CNCc2ccc([N+](=O)[O-])cc2Br)cc1. The molecule has 0 aliphatic heterocycles. The van der Waals surface area contributed by atoms with Crippen molar-refractivity contribution in [2.24, 2.45) is 0 Å². The number of halogens is 1. The summed E-state index contributed by atoms with van der Waals surface area (Å²) in [6, 6.07) is 14.1. The number of nitro groups is 1. The van der Waals surface area contributed by atoms with Crippen LogP contribution in [0.15, 0.2) is 46.9 Å². The maximum absolute atomic E-state index is 10.7. The molecular formula is C15H12BrN3O2. The van der Waals surface area contributed by atoms with E-state index in [9.17, 15) is 10.1 Å². The number of hydrogen-bond acceptors (Lipinski definition) is 4. The molecule has 2 rings (SSSR count). The molecule has 0 amide bonds. The average Bonchev–Trinajstić information content (AvgIpc) is 2.49. The van der Waals surface area contributed by atoms with E-state index in [0.717, 1.165) is 11.1 Å². The van der Waals surface area contributed by atoms with Crippen LogP contribution in [0, 0.1) is 21.4 Å². The van der Waals surface area contributed by atoms with Gasteiger partial charge in [-0.05, 0) is 29.3 Å². The van der Waals surface area contributed by atoms with Gasteiger partial charge in [-0.2, -0.15) is 5.26 Å². The van der Waals surface area contributed by atoms with Gasteiger partial charge < -0.3 is 5.32 Å². The van der Waals surface area contributed by atoms with Gasteiger partial charge in [0.15, 0.2) is 0 Å². The third-order valence-electron chi connectivity index (χ3n) is 2.98. The smallest absolute Gasteiger partial charge is 0.270 e. The zero-order valence-corrected chi connectivity index (χ0v) is 12.6. The fraction of sp³-hybridized carbons (Fsp3) is 0.133. The predicted molar refractivity (Wildman–Crippen MR) is 82.5 cm³/mol. The van der Waals surface area contributed by atoms with Gasteiger partial charge in [-0.3, -0.25) is 10.1 Å². The number of rotatable bonds is 5. The molecule has 0 unspecified atom stereocenters. The summed E-state index contributed by atoms with van der Waals surface area (Å²) in [4.78, 5) is 10.2. The number of non-ortho nitro benzene ring substituents is 1. The van der Waals surface area contributed by atoms with Crippen LogP contribution >= 0.6 is 15.9 Å². The summed E-state index contributed by atoms with van der Waals surface area (Å²) < 4.78 is 0.712. The van der Waals surface area contributed by atoms with Crippen LogP contribution in [-0.4, -0.2) is 4.92 Å². The first-order valence-electron chi connectivity index (χ1n) is 6.22. The fourth-order valence-corrected chi connectivity index (χ4v) is 2.34. The van der Waals surface area contributed by atoms with Crippen LogP contribution in [0.2, 0.25) is 0 Å². The highest BCUT2D eigenvalue weighted by atomic mass is 79.9. The second-order valence-corrected chi connectivity index (χ2v) is 5.30. The minimum absolute atomic E-state index is 0.0673. The molecule has 0 aliphatic rings. The lowest BCUT2D eigenvalue weighted by Crippen LogP contribution is -2.13. The number of nitro benzene ring substituents is 1. The zero-order valence-electron chi connectivity index (χ0n) is 11.0. The van der Waals surface area contributed by atoms with Crippen molar-refractivity contribution < 1.29 is 4.92 Å². The molecule has 6 heteroatoms. The van der Waals surface area contributed by atoms with E-state index < -0.39 is 4.92 Å². The molecule has 0 fully saturated rings. The standard InChI is InChI=1S/C15H12BrN3O2/c16-15-7-14(19(20)21)6-5-13(15)10-18-9-12-3-1-11(8-17)2-4-12/h1-7,18H,9-10H2. The van der Waals surface area contributed by atoms with Gasteiger partial charge in [0.2, 0.25) is 0 Å². The van der Waals surface area contributed by atoms with E-state index in [-0.39, 0.29) is 5.69 Å². The fourth-order valence-electron chi connectivity index (χ4n) is 1.83. The van der Waals surface area contributed by atoms with Crippen molar-refractivity contribution in [1.29, 1.82) is 5.26 Å². The first-order valence-corrected chi connectivity index (χ1v) is 7.02. The summed E-state index contributed by atoms with van der Waals surface area (Å²) in [5.41, 5.74) is 2.73. The Hall–Kier alpha value is -2.23. The summed E-state index contributed by atoms with van der Waals surface area (Å²) in [6.45, 7) is 1.26. The lowest BCUT2D eigenvalue weighted by Gasteiger charge is -2.07. The molecule has 106 valence electrons. The highest BCUT2D eigenvalue weighted by Crippen LogP contribution is 2.22. The number of nitrogens with zero attached hydrogens (tertiary/aromatic N) is 2. The van der Waals surface area contributed by atoms with E-state index in [1.54, 1.807) is 18.2 Å². The molecule has 2 aromatic carbocycles. The molecule has 21 heavy (non-hydrogen) atoms. The summed E-state index contributed by atoms with van der Waals surface area (Å²) >= 11 is 3.34. The van der Waals surface area contributed by atoms with Gasteiger partial charge in [0.1, 0.15) is 0 Å². The second kappa shape index (κ2) is 6.97. The Balaban J connectivity index is 1.94. The van der Waals surface area contributed by atoms with Gasteiger partial charge in [0, 0.05) is 29.7 Å². The van der Waals surface area contributed by atoms with Crippen molar-refractivity contribution in [2.75, 3.05) is 0 Å². The molecular weight excluding hydrogens is 334 g/mol. The van der Waals surface area contributed by atoms with Gasteiger partial charge in [-0.15, -0.1) is 0 Å². The van der Waals surface area contributed by atoms with E-state index in [4.69, 9.17) is 5.26 Å². The molecule has 0 atom stereocenters. The molecule has 5 nitrogen and oxygen atoms in total. The van der Waals surface area contributed by atoms with Crippen LogP contribution in [0.1, 0.15) is 16.7 Å². The van der Waals surface area contributed by atoms with Crippen LogP contribution < -0.4 is 5.32 Å². The summed E-state index contributed by atoms with van der Waals surface area (Å²) in [5.74, 6) is 0. The molecule has 0 heterocycles. The Morgan fingerprint density at radius 3 is 2.48 bits per heavy atom. The first-order chi connectivity index (χ1) is 10.1. The number of hydrogen-bond donors (Lipinski definition) is 1. The molecule has 0 aromatic heterocycles. The van der Waals surface area contributed by atoms with Gasteiger partial charge in [-0.1, -0.05) is 28.1 Å². The molecule has 0 bridgehead atoms. The minimum atomic E-state index is -0.418. The quantitative estimate of drug-likeness (QED) is 0.664. The molecule has 0 aliphatic carbocycles. The van der Waals surface area contributed by atoms with Crippen molar-refractivity contribution in [3.8, 4) is 6.07 Å². The van der Waals surface area contributed by atoms with Crippen molar-refractivity contribution >= 4 is 21.6 Å². The van der Waals surface area contributed by atoms with Gasteiger partial charge in [0.25, 0.3) is 5.69 Å². The second-order valence-electron chi connectivity index (χ2n) is 4.45. The number of nitrogens with one attached hydrogen (secondary N) is 1. The Morgan fingerprint density at radius 1 is 1.19 bits per heavy atom. The molecule has 0 saturated carbocycles. The number of benzene rings is 2.